The van der Waals surface area contributed by atoms with Gasteiger partial charge in [0.2, 0.25) is 5.13 Å². The molecule has 5 heteroatoms. The SMILES string of the molecule is O=C1CCCN(c2nc(C3CC3)ns2)C1. The minimum atomic E-state index is 0.324. The summed E-state index contributed by atoms with van der Waals surface area (Å²) in [6, 6.07) is 0. The fraction of sp³-hybridized carbons (Fsp3) is 0.700. The predicted octanol–water partition coefficient (Wildman–Crippen LogP) is 1.58. The molecule has 0 amide bonds. The number of nitrogens with zero attached hydrogens (tertiary/aromatic N) is 3. The molecule has 2 heterocycles. The summed E-state index contributed by atoms with van der Waals surface area (Å²) in [7, 11) is 0. The van der Waals surface area contributed by atoms with E-state index in [0.717, 1.165) is 30.3 Å². The van der Waals surface area contributed by atoms with Crippen LogP contribution >= 0.6 is 11.5 Å². The minimum absolute atomic E-state index is 0.324. The van der Waals surface area contributed by atoms with Crippen molar-refractivity contribution in [2.24, 2.45) is 0 Å². The number of Topliss-reactive ketones (excluding diaryl/α,β-unsaturated/α-hetero) is 1. The van der Waals surface area contributed by atoms with Crippen LogP contribution in [0.3, 0.4) is 0 Å². The molecule has 4 nitrogen and oxygen atoms in total. The molecule has 2 aliphatic rings. The lowest BCUT2D eigenvalue weighted by atomic mass is 10.1. The van der Waals surface area contributed by atoms with E-state index in [0.29, 0.717) is 18.2 Å². The first kappa shape index (κ1) is 9.27. The van der Waals surface area contributed by atoms with Crippen molar-refractivity contribution in [2.45, 2.75) is 31.6 Å². The van der Waals surface area contributed by atoms with E-state index < -0.39 is 0 Å². The Morgan fingerprint density at radius 1 is 1.40 bits per heavy atom. The summed E-state index contributed by atoms with van der Waals surface area (Å²) >= 11 is 1.44. The third-order valence-corrected chi connectivity index (χ3v) is 3.69. The van der Waals surface area contributed by atoms with E-state index in [1.54, 1.807) is 0 Å². The van der Waals surface area contributed by atoms with Crippen molar-refractivity contribution in [3.05, 3.63) is 5.82 Å². The number of hydrogen-bond acceptors (Lipinski definition) is 5. The first-order valence-corrected chi connectivity index (χ1v) is 6.20. The zero-order valence-corrected chi connectivity index (χ0v) is 9.29. The maximum atomic E-state index is 11.3. The van der Waals surface area contributed by atoms with Crippen molar-refractivity contribution >= 4 is 22.4 Å². The van der Waals surface area contributed by atoms with Gasteiger partial charge in [-0.1, -0.05) is 0 Å². The maximum Gasteiger partial charge on any atom is 0.205 e. The van der Waals surface area contributed by atoms with E-state index >= 15 is 0 Å². The Kier molecular flexibility index (Phi) is 2.20. The fourth-order valence-electron chi connectivity index (χ4n) is 1.86. The number of rotatable bonds is 2. The maximum absolute atomic E-state index is 11.3. The second-order valence-electron chi connectivity index (χ2n) is 4.27. The van der Waals surface area contributed by atoms with Gasteiger partial charge in [-0.05, 0) is 19.3 Å². The fourth-order valence-corrected chi connectivity index (χ4v) is 2.63. The molecule has 0 unspecified atom stereocenters. The van der Waals surface area contributed by atoms with E-state index in [4.69, 9.17) is 0 Å². The number of carbonyl (C=O) groups excluding carboxylic acids is 1. The average Bonchev–Trinajstić information content (AvgIpc) is 2.97. The molecule has 1 aliphatic carbocycles. The summed E-state index contributed by atoms with van der Waals surface area (Å²) < 4.78 is 4.36. The smallest absolute Gasteiger partial charge is 0.205 e. The van der Waals surface area contributed by atoms with Gasteiger partial charge in [0, 0.05) is 30.4 Å². The topological polar surface area (TPSA) is 46.1 Å². The van der Waals surface area contributed by atoms with Gasteiger partial charge in [-0.2, -0.15) is 4.37 Å². The van der Waals surface area contributed by atoms with Crippen LogP contribution in [-0.4, -0.2) is 28.2 Å². The number of carbonyl (C=O) groups is 1. The molecular weight excluding hydrogens is 210 g/mol. The molecule has 0 bridgehead atoms. The van der Waals surface area contributed by atoms with E-state index in [1.807, 2.05) is 0 Å². The van der Waals surface area contributed by atoms with Gasteiger partial charge in [-0.3, -0.25) is 4.79 Å². The standard InChI is InChI=1S/C10H13N3OS/c14-8-2-1-5-13(6-8)10-11-9(12-15-10)7-3-4-7/h7H,1-6H2. The first-order chi connectivity index (χ1) is 7.33. The summed E-state index contributed by atoms with van der Waals surface area (Å²) in [6.07, 6.45) is 4.15. The molecule has 0 radical (unpaired) electrons. The molecule has 80 valence electrons. The number of piperidine rings is 1. The monoisotopic (exact) mass is 223 g/mol. The van der Waals surface area contributed by atoms with Crippen molar-refractivity contribution in [3.63, 3.8) is 0 Å². The van der Waals surface area contributed by atoms with Crippen LogP contribution in [0.25, 0.3) is 0 Å². The summed E-state index contributed by atoms with van der Waals surface area (Å²) in [5, 5.41) is 0.935. The second-order valence-corrected chi connectivity index (χ2v) is 5.00. The van der Waals surface area contributed by atoms with Crippen LogP contribution in [0.4, 0.5) is 5.13 Å². The van der Waals surface area contributed by atoms with E-state index in [9.17, 15) is 4.79 Å². The van der Waals surface area contributed by atoms with Gasteiger partial charge in [-0.15, -0.1) is 0 Å². The molecule has 1 aromatic heterocycles. The highest BCUT2D eigenvalue weighted by atomic mass is 32.1. The number of hydrogen-bond donors (Lipinski definition) is 0. The Labute approximate surface area is 92.5 Å². The number of ketones is 1. The summed E-state index contributed by atoms with van der Waals surface area (Å²) in [6.45, 7) is 1.48. The van der Waals surface area contributed by atoms with Gasteiger partial charge >= 0.3 is 0 Å². The Balaban J connectivity index is 1.76. The molecule has 1 aromatic rings. The normalized spacial score (nSPS) is 22.1. The average molecular weight is 223 g/mol. The molecule has 2 fully saturated rings. The Morgan fingerprint density at radius 2 is 2.27 bits per heavy atom. The zero-order valence-electron chi connectivity index (χ0n) is 8.48. The van der Waals surface area contributed by atoms with Crippen LogP contribution in [0.2, 0.25) is 0 Å². The van der Waals surface area contributed by atoms with Crippen molar-refractivity contribution in [2.75, 3.05) is 18.0 Å². The molecule has 1 saturated carbocycles. The van der Waals surface area contributed by atoms with Crippen molar-refractivity contribution < 1.29 is 4.79 Å². The Bertz CT molecular complexity index is 386. The minimum Gasteiger partial charge on any atom is -0.340 e. The van der Waals surface area contributed by atoms with Crippen molar-refractivity contribution in [1.82, 2.24) is 9.36 Å². The van der Waals surface area contributed by atoms with Crippen LogP contribution in [0.5, 0.6) is 0 Å². The molecule has 0 atom stereocenters. The lowest BCUT2D eigenvalue weighted by Gasteiger charge is -2.24. The molecular formula is C10H13N3OS. The van der Waals surface area contributed by atoms with Crippen LogP contribution in [-0.2, 0) is 4.79 Å². The molecule has 15 heavy (non-hydrogen) atoms. The molecule has 1 aliphatic heterocycles. The summed E-state index contributed by atoms with van der Waals surface area (Å²) in [5.74, 6) is 1.92. The zero-order chi connectivity index (χ0) is 10.3. The highest BCUT2D eigenvalue weighted by molar-refractivity contribution is 7.09. The van der Waals surface area contributed by atoms with Gasteiger partial charge in [0.1, 0.15) is 5.82 Å². The molecule has 0 aromatic carbocycles. The molecule has 0 N–H and O–H groups in total. The summed E-state index contributed by atoms with van der Waals surface area (Å²) in [4.78, 5) is 17.9. The number of aromatic nitrogens is 2. The Morgan fingerprint density at radius 3 is 3.00 bits per heavy atom. The molecule has 0 spiro atoms. The number of anilines is 1. The van der Waals surface area contributed by atoms with Gasteiger partial charge in [-0.25, -0.2) is 4.98 Å². The second kappa shape index (κ2) is 3.56. The highest BCUT2D eigenvalue weighted by Gasteiger charge is 2.29. The van der Waals surface area contributed by atoms with Crippen LogP contribution in [0, 0.1) is 0 Å². The van der Waals surface area contributed by atoms with Crippen molar-refractivity contribution in [1.29, 1.82) is 0 Å². The quantitative estimate of drug-likeness (QED) is 0.763. The van der Waals surface area contributed by atoms with E-state index in [-0.39, 0.29) is 0 Å². The predicted molar refractivity (Wildman–Crippen MR) is 58.3 cm³/mol. The highest BCUT2D eigenvalue weighted by Crippen LogP contribution is 2.39. The van der Waals surface area contributed by atoms with Crippen molar-refractivity contribution in [3.8, 4) is 0 Å². The lowest BCUT2D eigenvalue weighted by Crippen LogP contribution is -2.35. The van der Waals surface area contributed by atoms with Gasteiger partial charge in [0.05, 0.1) is 6.54 Å². The van der Waals surface area contributed by atoms with Crippen LogP contribution in [0.15, 0.2) is 0 Å². The van der Waals surface area contributed by atoms with Gasteiger partial charge in [0.15, 0.2) is 5.78 Å². The largest absolute Gasteiger partial charge is 0.340 e. The van der Waals surface area contributed by atoms with E-state index in [1.165, 1.54) is 24.4 Å². The first-order valence-electron chi connectivity index (χ1n) is 5.43. The van der Waals surface area contributed by atoms with Crippen LogP contribution in [0.1, 0.15) is 37.4 Å². The lowest BCUT2D eigenvalue weighted by molar-refractivity contribution is -0.118. The third-order valence-electron chi connectivity index (χ3n) is 2.89. The van der Waals surface area contributed by atoms with E-state index in [2.05, 4.69) is 14.3 Å². The van der Waals surface area contributed by atoms with Gasteiger partial charge < -0.3 is 4.90 Å². The molecule has 1 saturated heterocycles. The summed E-state index contributed by atoms with van der Waals surface area (Å²) in [5.41, 5.74) is 0. The van der Waals surface area contributed by atoms with Gasteiger partial charge in [0.25, 0.3) is 0 Å². The van der Waals surface area contributed by atoms with Crippen LogP contribution < -0.4 is 4.90 Å². The Hall–Kier alpha value is -0.970. The molecule has 3 rings (SSSR count). The third kappa shape index (κ3) is 1.88.